The highest BCUT2D eigenvalue weighted by atomic mass is 35.5. The van der Waals surface area contributed by atoms with E-state index >= 15 is 0 Å². The highest BCUT2D eigenvalue weighted by Crippen LogP contribution is 2.32. The Morgan fingerprint density at radius 1 is 1.16 bits per heavy atom. The molecule has 0 bridgehead atoms. The summed E-state index contributed by atoms with van der Waals surface area (Å²) < 4.78 is 0. The zero-order chi connectivity index (χ0) is 26.8. The van der Waals surface area contributed by atoms with Gasteiger partial charge in [-0.3, -0.25) is 14.6 Å². The minimum absolute atomic E-state index is 0.0156. The number of carbonyl (C=O) groups excluding carboxylic acids is 1. The van der Waals surface area contributed by atoms with E-state index in [0.717, 1.165) is 80.4 Å². The first kappa shape index (κ1) is 27.3. The molecule has 2 N–H and O–H groups in total. The number of aliphatic hydroxyl groups excluding tert-OH is 1. The van der Waals surface area contributed by atoms with Gasteiger partial charge in [0.25, 0.3) is 5.91 Å². The molecule has 9 heteroatoms. The number of likely N-dealkylation sites (tertiary alicyclic amines) is 1. The minimum atomic E-state index is -0.121. The predicted octanol–water partition coefficient (Wildman–Crippen LogP) is 3.82. The summed E-state index contributed by atoms with van der Waals surface area (Å²) >= 11 is 6.08. The first-order chi connectivity index (χ1) is 18.4. The third-order valence-corrected chi connectivity index (χ3v) is 8.78. The lowest BCUT2D eigenvalue weighted by atomic mass is 9.94. The Labute approximate surface area is 231 Å². The van der Waals surface area contributed by atoms with E-state index in [9.17, 15) is 9.90 Å². The number of rotatable bonds is 8. The standard InChI is InChI=1S/C29H41ClN6O2/c1-4-24-17-35(28-20(3)32-26(15-31-28)29(38)33-23-9-10-23)19(2)16-36(24)25-11-13-34(14-12-25)27(18-37)21-5-7-22(30)8-6-21/h5-8,15,19,23-25,27,37H,4,9-14,16-18H2,1-3H3,(H,33,38)/t19-,24+,27?/m1/s1. The maximum Gasteiger partial charge on any atom is 0.271 e. The van der Waals surface area contributed by atoms with Gasteiger partial charge < -0.3 is 15.3 Å². The molecule has 1 saturated carbocycles. The van der Waals surface area contributed by atoms with Gasteiger partial charge in [-0.05, 0) is 63.6 Å². The number of amides is 1. The minimum Gasteiger partial charge on any atom is -0.394 e. The summed E-state index contributed by atoms with van der Waals surface area (Å²) in [6.45, 7) is 10.4. The fourth-order valence-electron chi connectivity index (χ4n) is 6.17. The molecule has 38 heavy (non-hydrogen) atoms. The molecule has 3 atom stereocenters. The Balaban J connectivity index is 1.22. The van der Waals surface area contributed by atoms with E-state index in [4.69, 9.17) is 16.6 Å². The largest absolute Gasteiger partial charge is 0.394 e. The normalized spacial score (nSPS) is 24.4. The molecule has 1 aromatic carbocycles. The van der Waals surface area contributed by atoms with E-state index in [1.807, 2.05) is 31.2 Å². The monoisotopic (exact) mass is 540 g/mol. The molecule has 1 aromatic heterocycles. The molecule has 1 aliphatic carbocycles. The first-order valence-corrected chi connectivity index (χ1v) is 14.5. The summed E-state index contributed by atoms with van der Waals surface area (Å²) in [7, 11) is 0. The summed E-state index contributed by atoms with van der Waals surface area (Å²) in [6.07, 6.45) is 7.00. The number of aromatic nitrogens is 2. The zero-order valence-corrected chi connectivity index (χ0v) is 23.6. The van der Waals surface area contributed by atoms with E-state index in [1.54, 1.807) is 6.20 Å². The number of halogens is 1. The molecule has 3 fully saturated rings. The molecule has 1 unspecified atom stereocenters. The lowest BCUT2D eigenvalue weighted by molar-refractivity contribution is 0.0289. The molecule has 3 aliphatic rings. The smallest absolute Gasteiger partial charge is 0.271 e. The van der Waals surface area contributed by atoms with Gasteiger partial charge >= 0.3 is 0 Å². The second-order valence-corrected chi connectivity index (χ2v) is 11.6. The van der Waals surface area contributed by atoms with Gasteiger partial charge in [0.15, 0.2) is 0 Å². The van der Waals surface area contributed by atoms with Crippen molar-refractivity contribution in [2.45, 2.75) is 83.1 Å². The van der Waals surface area contributed by atoms with E-state index < -0.39 is 0 Å². The van der Waals surface area contributed by atoms with E-state index in [2.05, 4.69) is 38.8 Å². The van der Waals surface area contributed by atoms with Crippen LogP contribution in [-0.4, -0.2) is 87.7 Å². The van der Waals surface area contributed by atoms with Crippen molar-refractivity contribution in [2.75, 3.05) is 37.7 Å². The van der Waals surface area contributed by atoms with Crippen LogP contribution in [0.5, 0.6) is 0 Å². The molecular formula is C29H41ClN6O2. The lowest BCUT2D eigenvalue weighted by Gasteiger charge is -2.51. The number of aliphatic hydroxyl groups is 1. The molecule has 5 rings (SSSR count). The average molecular weight is 541 g/mol. The second-order valence-electron chi connectivity index (χ2n) is 11.2. The zero-order valence-electron chi connectivity index (χ0n) is 22.8. The van der Waals surface area contributed by atoms with Crippen LogP contribution in [0.3, 0.4) is 0 Å². The molecule has 2 aliphatic heterocycles. The van der Waals surface area contributed by atoms with Crippen LogP contribution in [0, 0.1) is 6.92 Å². The highest BCUT2D eigenvalue weighted by molar-refractivity contribution is 6.30. The molecule has 1 amide bonds. The number of piperazine rings is 1. The topological polar surface area (TPSA) is 84.8 Å². The van der Waals surface area contributed by atoms with Crippen molar-refractivity contribution in [3.63, 3.8) is 0 Å². The van der Waals surface area contributed by atoms with Gasteiger partial charge in [0.1, 0.15) is 11.5 Å². The third kappa shape index (κ3) is 5.98. The summed E-state index contributed by atoms with van der Waals surface area (Å²) in [4.78, 5) is 29.3. The fourth-order valence-corrected chi connectivity index (χ4v) is 6.30. The summed E-state index contributed by atoms with van der Waals surface area (Å²) in [5.74, 6) is 0.770. The summed E-state index contributed by atoms with van der Waals surface area (Å²) in [5.41, 5.74) is 2.34. The number of benzene rings is 1. The Bertz CT molecular complexity index is 1100. The van der Waals surface area contributed by atoms with Crippen LogP contribution in [0.1, 0.15) is 73.7 Å². The number of anilines is 1. The van der Waals surface area contributed by atoms with Gasteiger partial charge in [-0.1, -0.05) is 30.7 Å². The van der Waals surface area contributed by atoms with Crippen LogP contribution >= 0.6 is 11.6 Å². The second kappa shape index (κ2) is 11.9. The van der Waals surface area contributed by atoms with Gasteiger partial charge in [-0.25, -0.2) is 9.97 Å². The van der Waals surface area contributed by atoms with Crippen molar-refractivity contribution in [3.05, 3.63) is 52.4 Å². The van der Waals surface area contributed by atoms with Crippen LogP contribution in [0.2, 0.25) is 5.02 Å². The third-order valence-electron chi connectivity index (χ3n) is 8.53. The van der Waals surface area contributed by atoms with Gasteiger partial charge in [-0.15, -0.1) is 0 Å². The van der Waals surface area contributed by atoms with Crippen LogP contribution in [-0.2, 0) is 0 Å². The Hall–Kier alpha value is -2.26. The summed E-state index contributed by atoms with van der Waals surface area (Å²) in [6, 6.07) is 9.46. The molecule has 2 saturated heterocycles. The Kier molecular flexibility index (Phi) is 8.53. The number of aryl methyl sites for hydroxylation is 1. The van der Waals surface area contributed by atoms with E-state index in [1.165, 1.54) is 0 Å². The van der Waals surface area contributed by atoms with Crippen molar-refractivity contribution in [2.24, 2.45) is 0 Å². The molecule has 8 nitrogen and oxygen atoms in total. The highest BCUT2D eigenvalue weighted by Gasteiger charge is 2.38. The SMILES string of the molecule is CC[C@H]1CN(c2ncc(C(=O)NC3CC3)nc2C)[C@H](C)CN1C1CCN(C(CO)c2ccc(Cl)cc2)CC1. The van der Waals surface area contributed by atoms with E-state index in [-0.39, 0.29) is 18.6 Å². The number of nitrogens with zero attached hydrogens (tertiary/aromatic N) is 5. The lowest BCUT2D eigenvalue weighted by Crippen LogP contribution is -2.62. The number of hydrogen-bond donors (Lipinski definition) is 2. The summed E-state index contributed by atoms with van der Waals surface area (Å²) in [5, 5.41) is 13.9. The van der Waals surface area contributed by atoms with Gasteiger partial charge in [0.05, 0.1) is 24.5 Å². The molecular weight excluding hydrogens is 500 g/mol. The van der Waals surface area contributed by atoms with Crippen LogP contribution in [0.25, 0.3) is 0 Å². The molecule has 206 valence electrons. The fraction of sp³-hybridized carbons (Fsp3) is 0.621. The van der Waals surface area contributed by atoms with E-state index in [0.29, 0.717) is 29.9 Å². The maximum atomic E-state index is 12.4. The number of hydrogen-bond acceptors (Lipinski definition) is 7. The predicted molar refractivity (Wildman–Crippen MR) is 151 cm³/mol. The van der Waals surface area contributed by atoms with Crippen LogP contribution < -0.4 is 10.2 Å². The van der Waals surface area contributed by atoms with Gasteiger partial charge in [0.2, 0.25) is 0 Å². The number of nitrogens with one attached hydrogen (secondary N) is 1. The number of carbonyl (C=O) groups is 1. The van der Waals surface area contributed by atoms with Crippen molar-refractivity contribution in [1.82, 2.24) is 25.1 Å². The average Bonchev–Trinajstić information content (AvgIpc) is 3.74. The van der Waals surface area contributed by atoms with Gasteiger partial charge in [0, 0.05) is 55.4 Å². The van der Waals surface area contributed by atoms with Crippen LogP contribution in [0.4, 0.5) is 5.82 Å². The van der Waals surface area contributed by atoms with Crippen molar-refractivity contribution >= 4 is 23.3 Å². The number of piperidine rings is 1. The molecule has 3 heterocycles. The maximum absolute atomic E-state index is 12.4. The van der Waals surface area contributed by atoms with Crippen molar-refractivity contribution in [1.29, 1.82) is 0 Å². The Morgan fingerprint density at radius 3 is 2.47 bits per heavy atom. The molecule has 2 aromatic rings. The molecule has 0 spiro atoms. The molecule has 0 radical (unpaired) electrons. The van der Waals surface area contributed by atoms with Gasteiger partial charge in [-0.2, -0.15) is 0 Å². The van der Waals surface area contributed by atoms with Crippen molar-refractivity contribution in [3.8, 4) is 0 Å². The van der Waals surface area contributed by atoms with Crippen LogP contribution in [0.15, 0.2) is 30.5 Å². The first-order valence-electron chi connectivity index (χ1n) is 14.1. The van der Waals surface area contributed by atoms with Crippen molar-refractivity contribution < 1.29 is 9.90 Å². The Morgan fingerprint density at radius 2 is 1.87 bits per heavy atom. The quantitative estimate of drug-likeness (QED) is 0.526.